The van der Waals surface area contributed by atoms with Crippen molar-refractivity contribution in [3.8, 4) is 5.75 Å². The molecular formula is C18H27NO2. The Labute approximate surface area is 128 Å². The first-order valence-corrected chi connectivity index (χ1v) is 7.84. The van der Waals surface area contributed by atoms with E-state index >= 15 is 0 Å². The van der Waals surface area contributed by atoms with Gasteiger partial charge in [-0.1, -0.05) is 26.8 Å². The van der Waals surface area contributed by atoms with Gasteiger partial charge in [0.1, 0.15) is 5.75 Å². The van der Waals surface area contributed by atoms with Crippen molar-refractivity contribution in [1.82, 2.24) is 4.90 Å². The first-order chi connectivity index (χ1) is 9.84. The van der Waals surface area contributed by atoms with Crippen molar-refractivity contribution in [2.75, 3.05) is 13.7 Å². The van der Waals surface area contributed by atoms with Crippen molar-refractivity contribution in [2.45, 2.75) is 58.4 Å². The van der Waals surface area contributed by atoms with Crippen molar-refractivity contribution in [2.24, 2.45) is 0 Å². The van der Waals surface area contributed by atoms with Gasteiger partial charge in [0, 0.05) is 12.6 Å². The third kappa shape index (κ3) is 3.39. The molecule has 0 spiro atoms. The monoisotopic (exact) mass is 289 g/mol. The molecule has 1 heterocycles. The Morgan fingerprint density at radius 3 is 2.57 bits per heavy atom. The van der Waals surface area contributed by atoms with Crippen LogP contribution in [0.4, 0.5) is 0 Å². The van der Waals surface area contributed by atoms with Gasteiger partial charge in [-0.25, -0.2) is 0 Å². The van der Waals surface area contributed by atoms with E-state index in [2.05, 4.69) is 33.8 Å². The Hall–Kier alpha value is -1.51. The van der Waals surface area contributed by atoms with Gasteiger partial charge < -0.3 is 9.64 Å². The Bertz CT molecular complexity index is 516. The zero-order chi connectivity index (χ0) is 15.6. The lowest BCUT2D eigenvalue weighted by Gasteiger charge is -2.34. The number of methoxy groups -OCH3 is 1. The summed E-state index contributed by atoms with van der Waals surface area (Å²) >= 11 is 0. The van der Waals surface area contributed by atoms with E-state index in [0.29, 0.717) is 17.4 Å². The largest absolute Gasteiger partial charge is 0.496 e. The van der Waals surface area contributed by atoms with E-state index in [-0.39, 0.29) is 11.3 Å². The van der Waals surface area contributed by atoms with Crippen molar-refractivity contribution in [3.05, 3.63) is 29.3 Å². The summed E-state index contributed by atoms with van der Waals surface area (Å²) in [5.41, 5.74) is 1.88. The minimum atomic E-state index is 0.0226. The fourth-order valence-corrected chi connectivity index (χ4v) is 2.90. The highest BCUT2D eigenvalue weighted by Gasteiger charge is 2.27. The molecule has 0 aliphatic carbocycles. The minimum absolute atomic E-state index is 0.0226. The third-order valence-electron chi connectivity index (χ3n) is 4.36. The van der Waals surface area contributed by atoms with Crippen LogP contribution in [0.5, 0.6) is 5.75 Å². The standard InChI is InChI=1S/C18H27NO2/c1-13-8-6-7-11-19(13)17(20)15-12-14(18(2,3)4)9-10-16(15)21-5/h9-10,12-13H,6-8,11H2,1-5H3/t13-/m1/s1. The van der Waals surface area contributed by atoms with Crippen molar-refractivity contribution < 1.29 is 9.53 Å². The molecule has 1 aromatic rings. The highest BCUT2D eigenvalue weighted by atomic mass is 16.5. The van der Waals surface area contributed by atoms with E-state index < -0.39 is 0 Å². The van der Waals surface area contributed by atoms with Gasteiger partial charge in [0.2, 0.25) is 0 Å². The highest BCUT2D eigenvalue weighted by molar-refractivity contribution is 5.97. The number of amides is 1. The zero-order valence-corrected chi connectivity index (χ0v) is 13.9. The summed E-state index contributed by atoms with van der Waals surface area (Å²) in [6.07, 6.45) is 3.40. The second kappa shape index (κ2) is 6.08. The van der Waals surface area contributed by atoms with Gasteiger partial charge in [0.15, 0.2) is 0 Å². The number of piperidine rings is 1. The molecule has 1 saturated heterocycles. The second-order valence-electron chi connectivity index (χ2n) is 7.01. The molecule has 116 valence electrons. The Morgan fingerprint density at radius 2 is 2.00 bits per heavy atom. The number of carbonyl (C=O) groups excluding carboxylic acids is 1. The quantitative estimate of drug-likeness (QED) is 0.823. The van der Waals surface area contributed by atoms with E-state index in [9.17, 15) is 4.79 Å². The van der Waals surface area contributed by atoms with Gasteiger partial charge >= 0.3 is 0 Å². The fraction of sp³-hybridized carbons (Fsp3) is 0.611. The number of hydrogen-bond donors (Lipinski definition) is 0. The van der Waals surface area contributed by atoms with Crippen molar-refractivity contribution >= 4 is 5.91 Å². The van der Waals surface area contributed by atoms with Crippen LogP contribution in [0.1, 0.15) is 62.9 Å². The normalized spacial score (nSPS) is 19.5. The zero-order valence-electron chi connectivity index (χ0n) is 13.9. The van der Waals surface area contributed by atoms with Gasteiger partial charge in [-0.3, -0.25) is 4.79 Å². The van der Waals surface area contributed by atoms with Crippen molar-refractivity contribution in [1.29, 1.82) is 0 Å². The number of ether oxygens (including phenoxy) is 1. The molecule has 0 N–H and O–H groups in total. The van der Waals surface area contributed by atoms with Crippen LogP contribution in [0.3, 0.4) is 0 Å². The Kier molecular flexibility index (Phi) is 4.60. The molecule has 0 unspecified atom stereocenters. The summed E-state index contributed by atoms with van der Waals surface area (Å²) in [4.78, 5) is 14.9. The first-order valence-electron chi connectivity index (χ1n) is 7.84. The number of carbonyl (C=O) groups is 1. The average molecular weight is 289 g/mol. The predicted octanol–water partition coefficient (Wildman–Crippen LogP) is 4.01. The molecule has 1 atom stereocenters. The molecule has 1 amide bonds. The summed E-state index contributed by atoms with van der Waals surface area (Å²) in [5.74, 6) is 0.774. The summed E-state index contributed by atoms with van der Waals surface area (Å²) in [6.45, 7) is 9.46. The molecule has 2 rings (SSSR count). The molecule has 0 saturated carbocycles. The predicted molar refractivity (Wildman–Crippen MR) is 86.0 cm³/mol. The molecule has 1 aliphatic heterocycles. The molecule has 0 radical (unpaired) electrons. The maximum Gasteiger partial charge on any atom is 0.257 e. The third-order valence-corrected chi connectivity index (χ3v) is 4.36. The van der Waals surface area contributed by atoms with Crippen LogP contribution >= 0.6 is 0 Å². The molecule has 0 bridgehead atoms. The molecule has 0 aromatic heterocycles. The van der Waals surface area contributed by atoms with E-state index in [0.717, 1.165) is 24.9 Å². The van der Waals surface area contributed by atoms with Gasteiger partial charge in [-0.05, 0) is 49.3 Å². The minimum Gasteiger partial charge on any atom is -0.496 e. The molecule has 1 fully saturated rings. The summed E-state index contributed by atoms with van der Waals surface area (Å²) in [7, 11) is 1.63. The van der Waals surface area contributed by atoms with E-state index in [1.807, 2.05) is 17.0 Å². The van der Waals surface area contributed by atoms with Gasteiger partial charge in [0.25, 0.3) is 5.91 Å². The number of hydrogen-bond acceptors (Lipinski definition) is 2. The summed E-state index contributed by atoms with van der Waals surface area (Å²) in [5, 5.41) is 0. The maximum absolute atomic E-state index is 12.9. The number of likely N-dealkylation sites (tertiary alicyclic amines) is 1. The lowest BCUT2D eigenvalue weighted by atomic mass is 9.85. The number of benzene rings is 1. The average Bonchev–Trinajstić information content (AvgIpc) is 2.45. The van der Waals surface area contributed by atoms with E-state index in [1.54, 1.807) is 7.11 Å². The fourth-order valence-electron chi connectivity index (χ4n) is 2.90. The number of nitrogens with zero attached hydrogens (tertiary/aromatic N) is 1. The molecule has 1 aliphatic rings. The first kappa shape index (κ1) is 15.9. The summed E-state index contributed by atoms with van der Waals surface area (Å²) in [6, 6.07) is 6.29. The van der Waals surface area contributed by atoms with Gasteiger partial charge in [-0.15, -0.1) is 0 Å². The highest BCUT2D eigenvalue weighted by Crippen LogP contribution is 2.30. The van der Waals surface area contributed by atoms with Crippen LogP contribution in [0, 0.1) is 0 Å². The van der Waals surface area contributed by atoms with Crippen LogP contribution in [0.2, 0.25) is 0 Å². The van der Waals surface area contributed by atoms with Crippen LogP contribution < -0.4 is 4.74 Å². The van der Waals surface area contributed by atoms with E-state index in [1.165, 1.54) is 6.42 Å². The van der Waals surface area contributed by atoms with E-state index in [4.69, 9.17) is 4.74 Å². The number of rotatable bonds is 2. The Morgan fingerprint density at radius 1 is 1.29 bits per heavy atom. The lowest BCUT2D eigenvalue weighted by Crippen LogP contribution is -2.42. The maximum atomic E-state index is 12.9. The molecule has 21 heavy (non-hydrogen) atoms. The molecule has 3 nitrogen and oxygen atoms in total. The van der Waals surface area contributed by atoms with Gasteiger partial charge in [-0.2, -0.15) is 0 Å². The SMILES string of the molecule is COc1ccc(C(C)(C)C)cc1C(=O)N1CCCC[C@H]1C. The molecule has 1 aromatic carbocycles. The smallest absolute Gasteiger partial charge is 0.257 e. The lowest BCUT2D eigenvalue weighted by molar-refractivity contribution is 0.0632. The van der Waals surface area contributed by atoms with Crippen LogP contribution in [0.15, 0.2) is 18.2 Å². The van der Waals surface area contributed by atoms with Gasteiger partial charge in [0.05, 0.1) is 12.7 Å². The molecule has 3 heteroatoms. The van der Waals surface area contributed by atoms with Crippen LogP contribution in [-0.4, -0.2) is 30.5 Å². The second-order valence-corrected chi connectivity index (χ2v) is 7.01. The molecular weight excluding hydrogens is 262 g/mol. The van der Waals surface area contributed by atoms with Crippen molar-refractivity contribution in [3.63, 3.8) is 0 Å². The topological polar surface area (TPSA) is 29.5 Å². The van der Waals surface area contributed by atoms with Crippen LogP contribution in [-0.2, 0) is 5.41 Å². The summed E-state index contributed by atoms with van der Waals surface area (Å²) < 4.78 is 5.41. The Balaban J connectivity index is 2.38. The van der Waals surface area contributed by atoms with Crippen LogP contribution in [0.25, 0.3) is 0 Å².